The molecular formula is C23H25N3O4. The molecule has 7 nitrogen and oxygen atoms in total. The number of benzene rings is 2. The van der Waals surface area contributed by atoms with Gasteiger partial charge in [0.2, 0.25) is 5.91 Å². The molecule has 0 bridgehead atoms. The van der Waals surface area contributed by atoms with Gasteiger partial charge in [-0.25, -0.2) is 0 Å². The zero-order valence-electron chi connectivity index (χ0n) is 17.4. The first-order valence-electron chi connectivity index (χ1n) is 9.96. The van der Waals surface area contributed by atoms with Crippen LogP contribution in [0.15, 0.2) is 47.0 Å². The predicted molar refractivity (Wildman–Crippen MR) is 112 cm³/mol. The van der Waals surface area contributed by atoms with E-state index in [1.807, 2.05) is 11.0 Å². The van der Waals surface area contributed by atoms with Crippen molar-refractivity contribution in [2.45, 2.75) is 25.7 Å². The Balaban J connectivity index is 1.42. The maximum atomic E-state index is 12.5. The largest absolute Gasteiger partial charge is 0.493 e. The second-order valence-electron chi connectivity index (χ2n) is 7.50. The third kappa shape index (κ3) is 4.15. The van der Waals surface area contributed by atoms with Crippen LogP contribution in [0.2, 0.25) is 0 Å². The Morgan fingerprint density at radius 3 is 2.60 bits per heavy atom. The Hall–Kier alpha value is -3.35. The molecular weight excluding hydrogens is 382 g/mol. The van der Waals surface area contributed by atoms with Crippen LogP contribution < -0.4 is 9.47 Å². The second kappa shape index (κ2) is 8.57. The molecule has 2 aromatic carbocycles. The first-order valence-corrected chi connectivity index (χ1v) is 9.96. The lowest BCUT2D eigenvalue weighted by Crippen LogP contribution is -2.27. The van der Waals surface area contributed by atoms with Crippen molar-refractivity contribution in [2.75, 3.05) is 27.3 Å². The van der Waals surface area contributed by atoms with E-state index in [1.54, 1.807) is 26.4 Å². The number of aryl methyl sites for hydroxylation is 1. The van der Waals surface area contributed by atoms with E-state index < -0.39 is 0 Å². The third-order valence-electron chi connectivity index (χ3n) is 5.44. The van der Waals surface area contributed by atoms with Crippen molar-refractivity contribution in [1.82, 2.24) is 15.0 Å². The maximum Gasteiger partial charge on any atom is 0.258 e. The highest BCUT2D eigenvalue weighted by Crippen LogP contribution is 2.33. The SMILES string of the molecule is COc1ccc(-c2nc(C3CC(=O)N(CCc4ccc(C)cc4)C3)no2)cc1OC. The fourth-order valence-electron chi connectivity index (χ4n) is 3.67. The van der Waals surface area contributed by atoms with Crippen LogP contribution in [0.25, 0.3) is 11.5 Å². The highest BCUT2D eigenvalue weighted by atomic mass is 16.5. The molecule has 4 rings (SSSR count). The minimum absolute atomic E-state index is 0.0619. The second-order valence-corrected chi connectivity index (χ2v) is 7.50. The van der Waals surface area contributed by atoms with Crippen LogP contribution in [0.3, 0.4) is 0 Å². The van der Waals surface area contributed by atoms with Crippen molar-refractivity contribution < 1.29 is 18.8 Å². The molecule has 1 fully saturated rings. The average Bonchev–Trinajstić information content (AvgIpc) is 3.40. The van der Waals surface area contributed by atoms with Gasteiger partial charge in [0.05, 0.1) is 14.2 Å². The number of carbonyl (C=O) groups excluding carboxylic acids is 1. The standard InChI is InChI=1S/C23H25N3O4/c1-15-4-6-16(7-5-15)10-11-26-14-18(13-21(26)27)22-24-23(30-25-22)17-8-9-19(28-2)20(12-17)29-3/h4-9,12,18H,10-11,13-14H2,1-3H3. The summed E-state index contributed by atoms with van der Waals surface area (Å²) in [6, 6.07) is 13.8. The molecule has 0 saturated carbocycles. The smallest absolute Gasteiger partial charge is 0.258 e. The number of methoxy groups -OCH3 is 2. The van der Waals surface area contributed by atoms with Crippen molar-refractivity contribution in [1.29, 1.82) is 0 Å². The molecule has 0 radical (unpaired) electrons. The summed E-state index contributed by atoms with van der Waals surface area (Å²) < 4.78 is 16.1. The molecule has 1 unspecified atom stereocenters. The van der Waals surface area contributed by atoms with Crippen LogP contribution in [0.1, 0.15) is 29.3 Å². The van der Waals surface area contributed by atoms with Gasteiger partial charge < -0.3 is 18.9 Å². The van der Waals surface area contributed by atoms with Crippen molar-refractivity contribution >= 4 is 5.91 Å². The van der Waals surface area contributed by atoms with Gasteiger partial charge in [-0.05, 0) is 37.1 Å². The summed E-state index contributed by atoms with van der Waals surface area (Å²) in [5, 5.41) is 4.13. The minimum atomic E-state index is -0.0619. The Morgan fingerprint density at radius 1 is 1.10 bits per heavy atom. The normalized spacial score (nSPS) is 16.2. The van der Waals surface area contributed by atoms with Crippen molar-refractivity contribution in [3.8, 4) is 23.0 Å². The van der Waals surface area contributed by atoms with Crippen LogP contribution >= 0.6 is 0 Å². The van der Waals surface area contributed by atoms with Crippen LogP contribution in [0.4, 0.5) is 0 Å². The van der Waals surface area contributed by atoms with E-state index >= 15 is 0 Å². The molecule has 1 atom stereocenters. The number of nitrogens with zero attached hydrogens (tertiary/aromatic N) is 3. The molecule has 1 saturated heterocycles. The number of rotatable bonds is 7. The lowest BCUT2D eigenvalue weighted by atomic mass is 10.1. The van der Waals surface area contributed by atoms with Gasteiger partial charge in [-0.15, -0.1) is 0 Å². The fraction of sp³-hybridized carbons (Fsp3) is 0.348. The van der Waals surface area contributed by atoms with Gasteiger partial charge in [0.1, 0.15) is 0 Å². The van der Waals surface area contributed by atoms with E-state index in [1.165, 1.54) is 11.1 Å². The zero-order chi connectivity index (χ0) is 21.1. The monoisotopic (exact) mass is 407 g/mol. The van der Waals surface area contributed by atoms with Gasteiger partial charge in [0, 0.05) is 31.0 Å². The van der Waals surface area contributed by atoms with Gasteiger partial charge in [0.25, 0.3) is 5.89 Å². The fourth-order valence-corrected chi connectivity index (χ4v) is 3.67. The molecule has 0 aliphatic carbocycles. The molecule has 2 heterocycles. The topological polar surface area (TPSA) is 77.7 Å². The van der Waals surface area contributed by atoms with Crippen LogP contribution in [0, 0.1) is 6.92 Å². The number of amides is 1. The van der Waals surface area contributed by atoms with Gasteiger partial charge in [-0.1, -0.05) is 35.0 Å². The molecule has 1 aromatic heterocycles. The molecule has 0 spiro atoms. The summed E-state index contributed by atoms with van der Waals surface area (Å²) in [6.07, 6.45) is 1.24. The van der Waals surface area contributed by atoms with Gasteiger partial charge in [0.15, 0.2) is 17.3 Å². The first kappa shape index (κ1) is 19.9. The number of ether oxygens (including phenoxy) is 2. The highest BCUT2D eigenvalue weighted by Gasteiger charge is 2.33. The van der Waals surface area contributed by atoms with Gasteiger partial charge in [-0.2, -0.15) is 4.98 Å². The lowest BCUT2D eigenvalue weighted by molar-refractivity contribution is -0.127. The summed E-state index contributed by atoms with van der Waals surface area (Å²) in [5.41, 5.74) is 3.21. The van der Waals surface area contributed by atoms with Crippen molar-refractivity contribution in [3.63, 3.8) is 0 Å². The van der Waals surface area contributed by atoms with Crippen LogP contribution in [-0.2, 0) is 11.2 Å². The molecule has 30 heavy (non-hydrogen) atoms. The lowest BCUT2D eigenvalue weighted by Gasteiger charge is -2.16. The van der Waals surface area contributed by atoms with E-state index in [4.69, 9.17) is 14.0 Å². The molecule has 1 aliphatic heterocycles. The minimum Gasteiger partial charge on any atom is -0.493 e. The zero-order valence-corrected chi connectivity index (χ0v) is 17.4. The molecule has 156 valence electrons. The maximum absolute atomic E-state index is 12.5. The Labute approximate surface area is 175 Å². The average molecular weight is 407 g/mol. The molecule has 3 aromatic rings. The Morgan fingerprint density at radius 2 is 1.87 bits per heavy atom. The Kier molecular flexibility index (Phi) is 5.70. The first-order chi connectivity index (χ1) is 14.6. The van der Waals surface area contributed by atoms with Gasteiger partial charge >= 0.3 is 0 Å². The summed E-state index contributed by atoms with van der Waals surface area (Å²) in [6.45, 7) is 3.37. The molecule has 1 amide bonds. The number of likely N-dealkylation sites (tertiary alicyclic amines) is 1. The van der Waals surface area contributed by atoms with Crippen molar-refractivity contribution in [2.24, 2.45) is 0 Å². The number of aromatic nitrogens is 2. The summed E-state index contributed by atoms with van der Waals surface area (Å²) in [4.78, 5) is 18.9. The summed E-state index contributed by atoms with van der Waals surface area (Å²) in [7, 11) is 3.17. The third-order valence-corrected chi connectivity index (χ3v) is 5.44. The summed E-state index contributed by atoms with van der Waals surface area (Å²) in [5.74, 6) is 2.25. The molecule has 1 aliphatic rings. The molecule has 7 heteroatoms. The van der Waals surface area contributed by atoms with Crippen LogP contribution in [-0.4, -0.2) is 48.3 Å². The number of carbonyl (C=O) groups is 1. The quantitative estimate of drug-likeness (QED) is 0.595. The van der Waals surface area contributed by atoms with Crippen molar-refractivity contribution in [3.05, 3.63) is 59.4 Å². The highest BCUT2D eigenvalue weighted by molar-refractivity contribution is 5.79. The number of hydrogen-bond acceptors (Lipinski definition) is 6. The van der Waals surface area contributed by atoms with E-state index in [9.17, 15) is 4.79 Å². The van der Waals surface area contributed by atoms with E-state index in [0.717, 1.165) is 12.0 Å². The predicted octanol–water partition coefficient (Wildman–Crippen LogP) is 3.62. The molecule has 0 N–H and O–H groups in total. The van der Waals surface area contributed by atoms with E-state index in [-0.39, 0.29) is 11.8 Å². The van der Waals surface area contributed by atoms with E-state index in [0.29, 0.717) is 42.7 Å². The Bertz CT molecular complexity index is 1030. The number of hydrogen-bond donors (Lipinski definition) is 0. The van der Waals surface area contributed by atoms with Crippen LogP contribution in [0.5, 0.6) is 11.5 Å². The van der Waals surface area contributed by atoms with Gasteiger partial charge in [-0.3, -0.25) is 4.79 Å². The van der Waals surface area contributed by atoms with E-state index in [2.05, 4.69) is 41.3 Å². The summed E-state index contributed by atoms with van der Waals surface area (Å²) >= 11 is 0.